The maximum atomic E-state index is 11.3. The van der Waals surface area contributed by atoms with E-state index in [0.29, 0.717) is 6.61 Å². The van der Waals surface area contributed by atoms with Crippen LogP contribution >= 0.6 is 0 Å². The van der Waals surface area contributed by atoms with Crippen molar-refractivity contribution >= 4 is 0 Å². The molecule has 3 aromatic rings. The number of ether oxygens (including phenoxy) is 1. The number of hydrogen-bond acceptors (Lipinski definition) is 3. The molecule has 0 aliphatic rings. The monoisotopic (exact) mass is 404 g/mol. The highest BCUT2D eigenvalue weighted by molar-refractivity contribution is 5.63. The van der Waals surface area contributed by atoms with Crippen molar-refractivity contribution in [3.05, 3.63) is 86.5 Å². The Morgan fingerprint density at radius 3 is 1.67 bits per heavy atom. The summed E-state index contributed by atoms with van der Waals surface area (Å²) in [5.74, 6) is 0.965. The third-order valence-electron chi connectivity index (χ3n) is 6.23. The largest absolute Gasteiger partial charge is 0.507 e. The molecule has 0 unspecified atom stereocenters. The van der Waals surface area contributed by atoms with Crippen molar-refractivity contribution in [1.82, 2.24) is 0 Å². The zero-order chi connectivity index (χ0) is 22.2. The number of phenols is 2. The second-order valence-corrected chi connectivity index (χ2v) is 8.20. The van der Waals surface area contributed by atoms with Crippen molar-refractivity contribution in [3.63, 3.8) is 0 Å². The van der Waals surface area contributed by atoms with E-state index in [2.05, 4.69) is 12.1 Å². The standard InChI is InChI=1S/C27H32O3/c1-8-30-22-12-10-9-11-21(22)25(23-17(4)13-15(2)19(6)26(23)28)24-18(5)14-16(3)20(7)27(24)29/h9-14,25,28-29H,8H2,1-7H3. The molecule has 0 aliphatic carbocycles. The first-order chi connectivity index (χ1) is 14.2. The molecule has 0 aliphatic heterocycles. The minimum Gasteiger partial charge on any atom is -0.507 e. The lowest BCUT2D eigenvalue weighted by molar-refractivity contribution is 0.335. The summed E-state index contributed by atoms with van der Waals surface area (Å²) in [7, 11) is 0. The van der Waals surface area contributed by atoms with E-state index < -0.39 is 0 Å². The molecule has 3 aromatic carbocycles. The Balaban J connectivity index is 2.46. The lowest BCUT2D eigenvalue weighted by Gasteiger charge is -2.28. The van der Waals surface area contributed by atoms with Crippen LogP contribution in [0.3, 0.4) is 0 Å². The zero-order valence-electron chi connectivity index (χ0n) is 19.1. The van der Waals surface area contributed by atoms with Gasteiger partial charge in [0.25, 0.3) is 0 Å². The number of para-hydroxylation sites is 1. The van der Waals surface area contributed by atoms with Crippen LogP contribution in [0, 0.1) is 41.5 Å². The smallest absolute Gasteiger partial charge is 0.123 e. The maximum absolute atomic E-state index is 11.3. The normalized spacial score (nSPS) is 11.2. The molecule has 0 spiro atoms. The number of phenolic OH excluding ortho intramolecular Hbond substituents is 2. The van der Waals surface area contributed by atoms with E-state index in [1.165, 1.54) is 0 Å². The molecule has 158 valence electrons. The summed E-state index contributed by atoms with van der Waals surface area (Å²) in [6.07, 6.45) is 0. The van der Waals surface area contributed by atoms with E-state index in [4.69, 9.17) is 4.74 Å². The molecular formula is C27H32O3. The number of aromatic hydroxyl groups is 2. The zero-order valence-corrected chi connectivity index (χ0v) is 19.1. The SMILES string of the molecule is CCOc1ccccc1C(c1c(C)cc(C)c(C)c1O)c1c(C)cc(C)c(C)c1O. The van der Waals surface area contributed by atoms with Crippen LogP contribution in [-0.2, 0) is 0 Å². The number of aryl methyl sites for hydroxylation is 4. The summed E-state index contributed by atoms with van der Waals surface area (Å²) in [6, 6.07) is 12.1. The average Bonchev–Trinajstić information content (AvgIpc) is 2.70. The van der Waals surface area contributed by atoms with Crippen LogP contribution in [0.1, 0.15) is 62.9 Å². The molecule has 0 bridgehead atoms. The highest BCUT2D eigenvalue weighted by atomic mass is 16.5. The van der Waals surface area contributed by atoms with Crippen molar-refractivity contribution < 1.29 is 14.9 Å². The summed E-state index contributed by atoms with van der Waals surface area (Å²) in [4.78, 5) is 0. The minimum atomic E-state index is -0.355. The van der Waals surface area contributed by atoms with Crippen molar-refractivity contribution in [1.29, 1.82) is 0 Å². The van der Waals surface area contributed by atoms with Gasteiger partial charge in [0.2, 0.25) is 0 Å². The van der Waals surface area contributed by atoms with Gasteiger partial charge in [0.05, 0.1) is 6.61 Å². The Bertz CT molecular complexity index is 1030. The Morgan fingerprint density at radius 1 is 0.733 bits per heavy atom. The van der Waals surface area contributed by atoms with Gasteiger partial charge in [0.15, 0.2) is 0 Å². The second kappa shape index (κ2) is 8.43. The first-order valence-corrected chi connectivity index (χ1v) is 10.5. The van der Waals surface area contributed by atoms with E-state index in [1.807, 2.05) is 72.7 Å². The molecule has 0 saturated carbocycles. The molecule has 0 amide bonds. The first-order valence-electron chi connectivity index (χ1n) is 10.5. The molecule has 2 N–H and O–H groups in total. The number of benzene rings is 3. The van der Waals surface area contributed by atoms with Crippen molar-refractivity contribution in [2.75, 3.05) is 6.61 Å². The third kappa shape index (κ3) is 3.65. The highest BCUT2D eigenvalue weighted by Gasteiger charge is 2.30. The Labute approximate surface area is 180 Å². The van der Waals surface area contributed by atoms with Gasteiger partial charge in [0, 0.05) is 22.6 Å². The van der Waals surface area contributed by atoms with Gasteiger partial charge in [-0.05, 0) is 87.9 Å². The van der Waals surface area contributed by atoms with Crippen LogP contribution in [0.4, 0.5) is 0 Å². The maximum Gasteiger partial charge on any atom is 0.123 e. The number of hydrogen-bond donors (Lipinski definition) is 2. The summed E-state index contributed by atoms with van der Waals surface area (Å²) in [5, 5.41) is 22.5. The van der Waals surface area contributed by atoms with Gasteiger partial charge in [-0.15, -0.1) is 0 Å². The van der Waals surface area contributed by atoms with E-state index in [-0.39, 0.29) is 17.4 Å². The van der Waals surface area contributed by atoms with Crippen molar-refractivity contribution in [2.45, 2.75) is 54.4 Å². The third-order valence-corrected chi connectivity index (χ3v) is 6.23. The summed E-state index contributed by atoms with van der Waals surface area (Å²) >= 11 is 0. The summed E-state index contributed by atoms with van der Waals surface area (Å²) in [5.41, 5.74) is 8.35. The first kappa shape index (κ1) is 21.8. The quantitative estimate of drug-likeness (QED) is 0.476. The predicted octanol–water partition coefficient (Wildman–Crippen LogP) is 6.53. The molecule has 3 rings (SSSR count). The number of rotatable bonds is 5. The van der Waals surface area contributed by atoms with E-state index >= 15 is 0 Å². The van der Waals surface area contributed by atoms with Crippen LogP contribution in [0.2, 0.25) is 0 Å². The molecule has 3 heteroatoms. The van der Waals surface area contributed by atoms with Gasteiger partial charge >= 0.3 is 0 Å². The molecule has 0 fully saturated rings. The van der Waals surface area contributed by atoms with Gasteiger partial charge in [-0.3, -0.25) is 0 Å². The lowest BCUT2D eigenvalue weighted by atomic mass is 9.77. The fourth-order valence-electron chi connectivity index (χ4n) is 4.36. The van der Waals surface area contributed by atoms with E-state index in [0.717, 1.165) is 55.8 Å². The Kier molecular flexibility index (Phi) is 6.12. The average molecular weight is 405 g/mol. The van der Waals surface area contributed by atoms with Gasteiger partial charge < -0.3 is 14.9 Å². The highest BCUT2D eigenvalue weighted by Crippen LogP contribution is 2.48. The van der Waals surface area contributed by atoms with Gasteiger partial charge in [0.1, 0.15) is 17.2 Å². The molecule has 0 heterocycles. The van der Waals surface area contributed by atoms with Crippen LogP contribution in [0.15, 0.2) is 36.4 Å². The fourth-order valence-corrected chi connectivity index (χ4v) is 4.36. The summed E-state index contributed by atoms with van der Waals surface area (Å²) < 4.78 is 5.97. The minimum absolute atomic E-state index is 0.279. The van der Waals surface area contributed by atoms with Crippen LogP contribution < -0.4 is 4.74 Å². The van der Waals surface area contributed by atoms with Gasteiger partial charge in [-0.1, -0.05) is 30.3 Å². The molecule has 3 nitrogen and oxygen atoms in total. The fraction of sp³-hybridized carbons (Fsp3) is 0.333. The molecule has 0 atom stereocenters. The van der Waals surface area contributed by atoms with Crippen LogP contribution in [0.25, 0.3) is 0 Å². The molecule has 0 radical (unpaired) electrons. The Morgan fingerprint density at radius 2 is 1.20 bits per heavy atom. The van der Waals surface area contributed by atoms with E-state index in [9.17, 15) is 10.2 Å². The van der Waals surface area contributed by atoms with Crippen molar-refractivity contribution in [2.24, 2.45) is 0 Å². The molecular weight excluding hydrogens is 372 g/mol. The van der Waals surface area contributed by atoms with Crippen molar-refractivity contribution in [3.8, 4) is 17.2 Å². The van der Waals surface area contributed by atoms with Gasteiger partial charge in [-0.25, -0.2) is 0 Å². The topological polar surface area (TPSA) is 49.7 Å². The van der Waals surface area contributed by atoms with E-state index in [1.54, 1.807) is 0 Å². The Hall–Kier alpha value is -2.94. The van der Waals surface area contributed by atoms with Gasteiger partial charge in [-0.2, -0.15) is 0 Å². The molecule has 30 heavy (non-hydrogen) atoms. The molecule has 0 saturated heterocycles. The van der Waals surface area contributed by atoms with Crippen LogP contribution in [0.5, 0.6) is 17.2 Å². The van der Waals surface area contributed by atoms with Crippen LogP contribution in [-0.4, -0.2) is 16.8 Å². The summed E-state index contributed by atoms with van der Waals surface area (Å²) in [6.45, 7) is 14.4. The lowest BCUT2D eigenvalue weighted by Crippen LogP contribution is -2.12. The predicted molar refractivity (Wildman–Crippen MR) is 123 cm³/mol. The second-order valence-electron chi connectivity index (χ2n) is 8.20. The molecule has 0 aromatic heterocycles.